The summed E-state index contributed by atoms with van der Waals surface area (Å²) in [5.74, 6) is -1.45. The van der Waals surface area contributed by atoms with E-state index in [2.05, 4.69) is 20.5 Å². The lowest BCUT2D eigenvalue weighted by Crippen LogP contribution is -2.10. The normalized spacial score (nSPS) is 10.7. The van der Waals surface area contributed by atoms with Crippen LogP contribution in [0.1, 0.15) is 23.0 Å². The molecule has 1 amide bonds. The van der Waals surface area contributed by atoms with Crippen LogP contribution in [0, 0.1) is 6.92 Å². The molecule has 7 heteroatoms. The molecule has 0 aliphatic carbocycles. The number of fused-ring (bicyclic) bond motifs is 1. The molecule has 2 heterocycles. The van der Waals surface area contributed by atoms with E-state index >= 15 is 0 Å². The molecule has 0 aliphatic rings. The summed E-state index contributed by atoms with van der Waals surface area (Å²) in [5.41, 5.74) is 3.21. The predicted molar refractivity (Wildman–Crippen MR) is 85.3 cm³/mol. The minimum absolute atomic E-state index is 0.0149. The van der Waals surface area contributed by atoms with Crippen molar-refractivity contribution in [3.63, 3.8) is 0 Å². The number of aryl methyl sites for hydroxylation is 1. The maximum atomic E-state index is 11.5. The summed E-state index contributed by atoms with van der Waals surface area (Å²) in [6.45, 7) is 3.20. The van der Waals surface area contributed by atoms with Crippen molar-refractivity contribution in [2.24, 2.45) is 0 Å². The first-order valence-electron chi connectivity index (χ1n) is 6.91. The van der Waals surface area contributed by atoms with Crippen molar-refractivity contribution in [1.29, 1.82) is 0 Å². The number of aromatic carboxylic acids is 1. The van der Waals surface area contributed by atoms with Gasteiger partial charge in [-0.15, -0.1) is 0 Å². The molecule has 0 saturated heterocycles. The van der Waals surface area contributed by atoms with Crippen LogP contribution in [-0.4, -0.2) is 32.2 Å². The van der Waals surface area contributed by atoms with E-state index in [9.17, 15) is 14.7 Å². The smallest absolute Gasteiger partial charge is 0.337 e. The van der Waals surface area contributed by atoms with Gasteiger partial charge in [-0.1, -0.05) is 0 Å². The highest BCUT2D eigenvalue weighted by molar-refractivity contribution is 6.06. The average molecular weight is 310 g/mol. The van der Waals surface area contributed by atoms with Gasteiger partial charge >= 0.3 is 5.97 Å². The fraction of sp³-hybridized carbons (Fsp3) is 0.125. The van der Waals surface area contributed by atoms with E-state index in [1.54, 1.807) is 12.3 Å². The van der Waals surface area contributed by atoms with Gasteiger partial charge in [0.15, 0.2) is 0 Å². The molecule has 3 N–H and O–H groups in total. The molecule has 3 aromatic rings. The third-order valence-corrected chi connectivity index (χ3v) is 3.41. The van der Waals surface area contributed by atoms with E-state index < -0.39 is 5.97 Å². The average Bonchev–Trinajstić information content (AvgIpc) is 2.88. The topological polar surface area (TPSA) is 108 Å². The predicted octanol–water partition coefficient (Wildman–Crippen LogP) is 2.59. The maximum absolute atomic E-state index is 11.5. The highest BCUT2D eigenvalue weighted by Gasteiger charge is 2.17. The summed E-state index contributed by atoms with van der Waals surface area (Å²) >= 11 is 0. The number of nitrogens with zero attached hydrogens (tertiary/aromatic N) is 2. The van der Waals surface area contributed by atoms with Gasteiger partial charge in [-0.25, -0.2) is 4.79 Å². The minimum atomic E-state index is -1.12. The Balaban J connectivity index is 2.22. The molecule has 23 heavy (non-hydrogen) atoms. The molecule has 2 aromatic heterocycles. The Kier molecular flexibility index (Phi) is 3.53. The molecule has 0 radical (unpaired) electrons. The molecular weight excluding hydrogens is 296 g/mol. The number of aromatic amines is 1. The molecule has 0 bridgehead atoms. The summed E-state index contributed by atoms with van der Waals surface area (Å²) in [7, 11) is 0. The fourth-order valence-electron chi connectivity index (χ4n) is 2.45. The van der Waals surface area contributed by atoms with Gasteiger partial charge in [0.05, 0.1) is 16.8 Å². The van der Waals surface area contributed by atoms with Gasteiger partial charge in [0.1, 0.15) is 5.69 Å². The highest BCUT2D eigenvalue weighted by atomic mass is 16.4. The van der Waals surface area contributed by atoms with E-state index in [1.165, 1.54) is 13.0 Å². The third kappa shape index (κ3) is 2.76. The zero-order valence-corrected chi connectivity index (χ0v) is 12.5. The van der Waals surface area contributed by atoms with Gasteiger partial charge in [0.25, 0.3) is 0 Å². The number of carboxylic acid groups (broad SMARTS) is 1. The van der Waals surface area contributed by atoms with Crippen molar-refractivity contribution in [2.75, 3.05) is 5.32 Å². The number of carboxylic acids is 1. The van der Waals surface area contributed by atoms with Gasteiger partial charge in [-0.3, -0.25) is 14.9 Å². The van der Waals surface area contributed by atoms with Gasteiger partial charge < -0.3 is 10.4 Å². The van der Waals surface area contributed by atoms with Crippen LogP contribution in [0.4, 0.5) is 5.69 Å². The molecule has 1 aromatic carbocycles. The second-order valence-electron chi connectivity index (χ2n) is 5.19. The van der Waals surface area contributed by atoms with Gasteiger partial charge in [0.2, 0.25) is 5.91 Å². The van der Waals surface area contributed by atoms with Crippen LogP contribution in [0.15, 0.2) is 30.5 Å². The van der Waals surface area contributed by atoms with Crippen molar-refractivity contribution in [3.05, 3.63) is 41.7 Å². The molecule has 116 valence electrons. The largest absolute Gasteiger partial charge is 0.478 e. The van der Waals surface area contributed by atoms with Gasteiger partial charge in [-0.2, -0.15) is 5.10 Å². The summed E-state index contributed by atoms with van der Waals surface area (Å²) in [5, 5.41) is 19.7. The minimum Gasteiger partial charge on any atom is -0.478 e. The molecule has 0 unspecified atom stereocenters. The number of H-pyrrole nitrogens is 1. The number of hydrogen-bond donors (Lipinski definition) is 3. The molecule has 7 nitrogen and oxygen atoms in total. The van der Waals surface area contributed by atoms with Crippen LogP contribution in [0.25, 0.3) is 22.2 Å². The van der Waals surface area contributed by atoms with E-state index in [4.69, 9.17) is 0 Å². The molecule has 0 fully saturated rings. The summed E-state index contributed by atoms with van der Waals surface area (Å²) in [6.07, 6.45) is 1.68. The molecule has 0 saturated carbocycles. The van der Waals surface area contributed by atoms with Crippen molar-refractivity contribution in [1.82, 2.24) is 15.2 Å². The highest BCUT2D eigenvalue weighted by Crippen LogP contribution is 2.30. The van der Waals surface area contributed by atoms with Crippen molar-refractivity contribution < 1.29 is 14.7 Å². The Labute approximate surface area is 131 Å². The lowest BCUT2D eigenvalue weighted by Gasteiger charge is -2.07. The Morgan fingerprint density at radius 3 is 2.70 bits per heavy atom. The van der Waals surface area contributed by atoms with Crippen molar-refractivity contribution in [3.8, 4) is 11.3 Å². The summed E-state index contributed by atoms with van der Waals surface area (Å²) in [6, 6.07) is 6.77. The Hall–Kier alpha value is -3.22. The third-order valence-electron chi connectivity index (χ3n) is 3.41. The number of nitrogens with one attached hydrogen (secondary N) is 2. The number of amides is 1. The fourth-order valence-corrected chi connectivity index (χ4v) is 2.45. The van der Waals surface area contributed by atoms with Gasteiger partial charge in [-0.05, 0) is 31.2 Å². The van der Waals surface area contributed by atoms with Crippen molar-refractivity contribution >= 4 is 28.5 Å². The number of hydrogen-bond acceptors (Lipinski definition) is 4. The van der Waals surface area contributed by atoms with Crippen molar-refractivity contribution in [2.45, 2.75) is 13.8 Å². The Bertz CT molecular complexity index is 930. The first-order valence-corrected chi connectivity index (χ1v) is 6.91. The lowest BCUT2D eigenvalue weighted by molar-refractivity contribution is -0.114. The molecule has 0 aliphatic heterocycles. The lowest BCUT2D eigenvalue weighted by atomic mass is 10.0. The quantitative estimate of drug-likeness (QED) is 0.689. The Morgan fingerprint density at radius 2 is 2.04 bits per heavy atom. The standard InChI is InChI=1S/C16H14N4O3/c1-8-5-10(3-4-17-8)15-11-6-12(16(22)23)13(18-9(2)21)7-14(11)19-20-15/h3-7H,1-2H3,(H,18,21)(H,19,20)(H,22,23). The zero-order valence-electron chi connectivity index (χ0n) is 12.5. The van der Waals surface area contributed by atoms with Crippen LogP contribution in [0.2, 0.25) is 0 Å². The maximum Gasteiger partial charge on any atom is 0.337 e. The van der Waals surface area contributed by atoms with E-state index in [0.29, 0.717) is 16.6 Å². The monoisotopic (exact) mass is 310 g/mol. The zero-order chi connectivity index (χ0) is 16.6. The first-order chi connectivity index (χ1) is 11.0. The molecular formula is C16H14N4O3. The van der Waals surface area contributed by atoms with E-state index in [-0.39, 0.29) is 17.2 Å². The van der Waals surface area contributed by atoms with Gasteiger partial charge in [0, 0.05) is 29.8 Å². The van der Waals surface area contributed by atoms with Crippen LogP contribution in [-0.2, 0) is 4.79 Å². The second-order valence-corrected chi connectivity index (χ2v) is 5.19. The summed E-state index contributed by atoms with van der Waals surface area (Å²) < 4.78 is 0. The Morgan fingerprint density at radius 1 is 1.26 bits per heavy atom. The van der Waals surface area contributed by atoms with Crippen LogP contribution in [0.3, 0.4) is 0 Å². The number of carbonyl (C=O) groups is 2. The van der Waals surface area contributed by atoms with E-state index in [0.717, 1.165) is 11.3 Å². The number of benzene rings is 1. The van der Waals surface area contributed by atoms with Crippen LogP contribution < -0.4 is 5.32 Å². The summed E-state index contributed by atoms with van der Waals surface area (Å²) in [4.78, 5) is 26.9. The van der Waals surface area contributed by atoms with Crippen LogP contribution >= 0.6 is 0 Å². The number of carbonyl (C=O) groups excluding carboxylic acids is 1. The number of anilines is 1. The molecule has 0 atom stereocenters. The SMILES string of the molecule is CC(=O)Nc1cc2[nH]nc(-c3ccnc(C)c3)c2cc1C(=O)O. The van der Waals surface area contributed by atoms with Crippen LogP contribution in [0.5, 0.6) is 0 Å². The molecule has 3 rings (SSSR count). The van der Waals surface area contributed by atoms with E-state index in [1.807, 2.05) is 19.1 Å². The second kappa shape index (κ2) is 5.53. The number of rotatable bonds is 3. The molecule has 0 spiro atoms. The number of aromatic nitrogens is 3. The first kappa shape index (κ1) is 14.7. The number of pyridine rings is 1.